The molecule has 0 unspecified atom stereocenters. The number of aromatic amines is 1. The van der Waals surface area contributed by atoms with E-state index in [1.165, 1.54) is 30.2 Å². The Hall–Kier alpha value is -2.34. The van der Waals surface area contributed by atoms with Gasteiger partial charge in [0.1, 0.15) is 12.2 Å². The van der Waals surface area contributed by atoms with Crippen molar-refractivity contribution in [3.63, 3.8) is 0 Å². The number of carbonyl (C=O) groups is 1. The normalized spacial score (nSPS) is 41.2. The fraction of sp³-hybridized carbons (Fsp3) is 0.700. The lowest BCUT2D eigenvalue weighted by atomic mass is 9.49. The highest BCUT2D eigenvalue weighted by Gasteiger charge is 2.54. The van der Waals surface area contributed by atoms with Crippen molar-refractivity contribution >= 4 is 23.0 Å². The van der Waals surface area contributed by atoms with E-state index in [1.54, 1.807) is 0 Å². The van der Waals surface area contributed by atoms with Crippen LogP contribution in [0.1, 0.15) is 44.8 Å². The summed E-state index contributed by atoms with van der Waals surface area (Å²) in [7, 11) is 0. The first-order valence-corrected chi connectivity index (χ1v) is 10.8. The van der Waals surface area contributed by atoms with E-state index in [9.17, 15) is 24.9 Å². The molecule has 7 rings (SSSR count). The second-order valence-corrected chi connectivity index (χ2v) is 9.79. The number of aromatic nitrogens is 4. The van der Waals surface area contributed by atoms with Crippen LogP contribution in [0.4, 0.5) is 5.95 Å². The van der Waals surface area contributed by atoms with Crippen LogP contribution in [0.2, 0.25) is 0 Å². The molecule has 5 aliphatic rings. The van der Waals surface area contributed by atoms with Gasteiger partial charge in [0.2, 0.25) is 11.9 Å². The molecule has 4 atom stereocenters. The quantitative estimate of drug-likeness (QED) is 0.448. The van der Waals surface area contributed by atoms with Gasteiger partial charge in [0.25, 0.3) is 5.56 Å². The Morgan fingerprint density at radius 1 is 1.13 bits per heavy atom. The van der Waals surface area contributed by atoms with E-state index in [-0.39, 0.29) is 23.0 Å². The summed E-state index contributed by atoms with van der Waals surface area (Å²) in [4.78, 5) is 36.8. The van der Waals surface area contributed by atoms with Crippen LogP contribution in [0.5, 0.6) is 0 Å². The number of carbonyl (C=O) groups excluding carboxylic acids is 1. The maximum Gasteiger partial charge on any atom is 0.280 e. The van der Waals surface area contributed by atoms with Crippen LogP contribution >= 0.6 is 0 Å². The molecular weight excluding hydrogens is 406 g/mol. The number of aliphatic hydroxyl groups excluding tert-OH is 3. The summed E-state index contributed by atoms with van der Waals surface area (Å²) in [5.74, 6) is 1.71. The van der Waals surface area contributed by atoms with E-state index in [1.807, 2.05) is 0 Å². The minimum absolute atomic E-state index is 0.000479. The zero-order valence-electron chi connectivity index (χ0n) is 16.8. The molecule has 166 valence electrons. The van der Waals surface area contributed by atoms with Gasteiger partial charge in [-0.3, -0.25) is 24.5 Å². The molecule has 31 heavy (non-hydrogen) atoms. The molecule has 5 N–H and O–H groups in total. The molecule has 5 fully saturated rings. The number of imidazole rings is 1. The van der Waals surface area contributed by atoms with Gasteiger partial charge in [0.05, 0.1) is 11.7 Å². The van der Waals surface area contributed by atoms with Gasteiger partial charge in [-0.2, -0.15) is 4.98 Å². The zero-order chi connectivity index (χ0) is 21.5. The Morgan fingerprint density at radius 3 is 2.35 bits per heavy atom. The minimum Gasteiger partial charge on any atom is -0.385 e. The van der Waals surface area contributed by atoms with Crippen molar-refractivity contribution in [1.29, 1.82) is 0 Å². The second kappa shape index (κ2) is 6.58. The number of H-pyrrole nitrogens is 1. The van der Waals surface area contributed by atoms with E-state index >= 15 is 0 Å². The number of hydrogen-bond donors (Lipinski definition) is 5. The summed E-state index contributed by atoms with van der Waals surface area (Å²) in [6.45, 7) is 0. The molecule has 1 amide bonds. The summed E-state index contributed by atoms with van der Waals surface area (Å²) < 4.78 is 6.48. The number of nitrogens with zero attached hydrogens (tertiary/aromatic N) is 3. The molecule has 3 heterocycles. The van der Waals surface area contributed by atoms with Crippen LogP contribution in [-0.2, 0) is 9.53 Å². The highest BCUT2D eigenvalue weighted by molar-refractivity contribution is 5.94. The van der Waals surface area contributed by atoms with Gasteiger partial charge >= 0.3 is 0 Å². The summed E-state index contributed by atoms with van der Waals surface area (Å²) in [6, 6.07) is 0. The van der Waals surface area contributed by atoms with Gasteiger partial charge in [-0.1, -0.05) is 0 Å². The smallest absolute Gasteiger partial charge is 0.280 e. The Balaban J connectivity index is 1.32. The van der Waals surface area contributed by atoms with Gasteiger partial charge < -0.3 is 20.1 Å². The van der Waals surface area contributed by atoms with Crippen molar-refractivity contribution in [1.82, 2.24) is 19.5 Å². The Bertz CT molecular complexity index is 1080. The molecule has 2 aromatic rings. The van der Waals surface area contributed by atoms with Gasteiger partial charge in [0, 0.05) is 0 Å². The first-order valence-electron chi connectivity index (χ1n) is 10.8. The Labute approximate surface area is 176 Å². The van der Waals surface area contributed by atoms with Gasteiger partial charge in [-0.25, -0.2) is 4.98 Å². The largest absolute Gasteiger partial charge is 0.385 e. The summed E-state index contributed by atoms with van der Waals surface area (Å²) in [5, 5.41) is 32.5. The number of amides is 1. The average Bonchev–Trinajstić information content (AvgIpc) is 3.23. The van der Waals surface area contributed by atoms with Crippen molar-refractivity contribution in [2.75, 3.05) is 5.32 Å². The number of ether oxygens (including phenoxy) is 1. The van der Waals surface area contributed by atoms with Gasteiger partial charge in [-0.05, 0) is 56.3 Å². The van der Waals surface area contributed by atoms with Gasteiger partial charge in [-0.15, -0.1) is 0 Å². The third kappa shape index (κ3) is 2.87. The molecule has 4 aliphatic carbocycles. The molecule has 0 aromatic carbocycles. The number of aliphatic hydroxyl groups is 3. The first kappa shape index (κ1) is 19.4. The number of nitrogens with one attached hydrogen (secondary N) is 2. The Morgan fingerprint density at radius 2 is 1.77 bits per heavy atom. The number of fused-ring (bicyclic) bond motifs is 1. The SMILES string of the molecule is O=C(Nc1nc2c(ncn2[C@@H]2O[C@H](O)[C@H](O)[C@H]2O)c(=O)[nH]1)C12CC3CC(CC(C3)C1)C2. The lowest BCUT2D eigenvalue weighted by Gasteiger charge is -2.55. The van der Waals surface area contributed by atoms with Crippen molar-refractivity contribution in [2.45, 2.75) is 63.3 Å². The van der Waals surface area contributed by atoms with Crippen molar-refractivity contribution < 1.29 is 24.9 Å². The standard InChI is InChI=1S/C20H25N5O6/c26-12-13(27)17(29)31-16(12)25-7-21-11-14(25)22-19(23-15(11)28)24-18(30)20-4-8-1-9(5-20)3-10(2-8)6-20/h7-10,12-13,16-17,26-27,29H,1-6H2,(H2,22,23,24,28,30)/t8?,9?,10?,12-,13-,16-,17+,20?/m1/s1. The predicted molar refractivity (Wildman–Crippen MR) is 106 cm³/mol. The van der Waals surface area contributed by atoms with Crippen LogP contribution in [0.15, 0.2) is 11.1 Å². The fourth-order valence-corrected chi connectivity index (χ4v) is 6.67. The fourth-order valence-electron chi connectivity index (χ4n) is 6.67. The van der Waals surface area contributed by atoms with E-state index in [2.05, 4.69) is 20.3 Å². The predicted octanol–water partition coefficient (Wildman–Crippen LogP) is -0.157. The van der Waals surface area contributed by atoms with E-state index in [0.717, 1.165) is 19.3 Å². The second-order valence-electron chi connectivity index (χ2n) is 9.79. The number of anilines is 1. The van der Waals surface area contributed by atoms with Crippen LogP contribution in [0, 0.1) is 23.2 Å². The van der Waals surface area contributed by atoms with E-state index < -0.39 is 35.7 Å². The van der Waals surface area contributed by atoms with Crippen molar-refractivity contribution in [3.05, 3.63) is 16.7 Å². The molecule has 0 radical (unpaired) electrons. The van der Waals surface area contributed by atoms with E-state index in [0.29, 0.717) is 17.8 Å². The molecule has 1 saturated heterocycles. The molecule has 11 heteroatoms. The van der Waals surface area contributed by atoms with Crippen LogP contribution in [-0.4, -0.2) is 59.2 Å². The summed E-state index contributed by atoms with van der Waals surface area (Å²) >= 11 is 0. The van der Waals surface area contributed by atoms with Crippen LogP contribution < -0.4 is 10.9 Å². The summed E-state index contributed by atoms with van der Waals surface area (Å²) in [5.41, 5.74) is -0.867. The number of rotatable bonds is 3. The molecule has 0 spiro atoms. The van der Waals surface area contributed by atoms with E-state index in [4.69, 9.17) is 4.74 Å². The van der Waals surface area contributed by atoms with Crippen LogP contribution in [0.25, 0.3) is 11.2 Å². The zero-order valence-corrected chi connectivity index (χ0v) is 16.8. The van der Waals surface area contributed by atoms with Gasteiger partial charge in [0.15, 0.2) is 23.7 Å². The van der Waals surface area contributed by atoms with Crippen molar-refractivity contribution in [2.24, 2.45) is 23.2 Å². The maximum atomic E-state index is 13.3. The Kier molecular flexibility index (Phi) is 4.11. The lowest BCUT2D eigenvalue weighted by molar-refractivity contribution is -0.141. The monoisotopic (exact) mass is 431 g/mol. The third-order valence-corrected chi connectivity index (χ3v) is 7.67. The minimum atomic E-state index is -1.57. The lowest BCUT2D eigenvalue weighted by Crippen LogP contribution is -2.52. The third-order valence-electron chi connectivity index (χ3n) is 7.67. The number of hydrogen-bond acceptors (Lipinski definition) is 8. The van der Waals surface area contributed by atoms with Crippen LogP contribution in [0.3, 0.4) is 0 Å². The highest BCUT2D eigenvalue weighted by Crippen LogP contribution is 2.60. The molecule has 2 aromatic heterocycles. The molecule has 4 bridgehead atoms. The molecular formula is C20H25N5O6. The topological polar surface area (TPSA) is 163 Å². The maximum absolute atomic E-state index is 13.3. The average molecular weight is 431 g/mol. The molecule has 1 aliphatic heterocycles. The first-order chi connectivity index (χ1) is 14.8. The summed E-state index contributed by atoms with van der Waals surface area (Å²) in [6.07, 6.45) is 1.86. The van der Waals surface area contributed by atoms with Crippen molar-refractivity contribution in [3.8, 4) is 0 Å². The highest BCUT2D eigenvalue weighted by atomic mass is 16.7. The molecule has 4 saturated carbocycles. The molecule has 11 nitrogen and oxygen atoms in total.